The van der Waals surface area contributed by atoms with Crippen molar-refractivity contribution in [2.75, 3.05) is 6.54 Å². The third kappa shape index (κ3) is 1.43. The molecule has 2 rings (SSSR count). The summed E-state index contributed by atoms with van der Waals surface area (Å²) in [5.41, 5.74) is 7.71. The van der Waals surface area contributed by atoms with E-state index in [-0.39, 0.29) is 12.3 Å². The zero-order chi connectivity index (χ0) is 11.0. The van der Waals surface area contributed by atoms with Gasteiger partial charge in [-0.05, 0) is 26.0 Å². The molecule has 0 amide bonds. The van der Waals surface area contributed by atoms with Crippen LogP contribution in [-0.4, -0.2) is 21.7 Å². The molecule has 0 radical (unpaired) electrons. The van der Waals surface area contributed by atoms with Crippen LogP contribution in [0.1, 0.15) is 22.0 Å². The van der Waals surface area contributed by atoms with Crippen LogP contribution in [0.2, 0.25) is 0 Å². The summed E-state index contributed by atoms with van der Waals surface area (Å²) in [6.45, 7) is 3.87. The minimum atomic E-state index is -0.119. The zero-order valence-corrected chi connectivity index (χ0v) is 8.82. The summed E-state index contributed by atoms with van der Waals surface area (Å²) in [5.74, 6) is 0.700. The molecule has 78 valence electrons. The molecule has 0 aliphatic heterocycles. The Labute approximate surface area is 87.7 Å². The minimum Gasteiger partial charge on any atom is -0.324 e. The van der Waals surface area contributed by atoms with Crippen LogP contribution in [0.25, 0.3) is 5.52 Å². The Bertz CT molecular complexity index is 528. The van der Waals surface area contributed by atoms with Crippen LogP contribution in [0.15, 0.2) is 18.2 Å². The van der Waals surface area contributed by atoms with Gasteiger partial charge >= 0.3 is 0 Å². The maximum atomic E-state index is 11.6. The van der Waals surface area contributed by atoms with Gasteiger partial charge in [0.25, 0.3) is 0 Å². The van der Waals surface area contributed by atoms with Gasteiger partial charge in [-0.3, -0.25) is 4.79 Å². The van der Waals surface area contributed by atoms with Crippen molar-refractivity contribution in [3.8, 4) is 0 Å². The monoisotopic (exact) mass is 203 g/mol. The maximum Gasteiger partial charge on any atom is 0.196 e. The lowest BCUT2D eigenvalue weighted by Crippen LogP contribution is -2.14. The number of hydrogen-bond acceptors (Lipinski definition) is 3. The molecule has 0 aliphatic carbocycles. The molecular formula is C11H13N3O. The fourth-order valence-electron chi connectivity index (χ4n) is 1.80. The highest BCUT2D eigenvalue weighted by Crippen LogP contribution is 2.15. The molecule has 0 aromatic carbocycles. The standard InChI is InChI=1S/C11H13N3O/c1-7-4-3-5-9-11(10(15)6-12)13-8(2)14(7)9/h3-5H,6,12H2,1-2H3. The predicted molar refractivity (Wildman–Crippen MR) is 58.1 cm³/mol. The normalized spacial score (nSPS) is 10.9. The molecule has 4 nitrogen and oxygen atoms in total. The van der Waals surface area contributed by atoms with Crippen LogP contribution >= 0.6 is 0 Å². The lowest BCUT2D eigenvalue weighted by molar-refractivity contribution is 0.0998. The number of nitrogens with two attached hydrogens (primary N) is 1. The number of aryl methyl sites for hydroxylation is 2. The third-order valence-electron chi connectivity index (χ3n) is 2.47. The molecule has 2 heterocycles. The van der Waals surface area contributed by atoms with Gasteiger partial charge in [0.1, 0.15) is 11.5 Å². The molecule has 0 unspecified atom stereocenters. The van der Waals surface area contributed by atoms with Gasteiger partial charge in [-0.25, -0.2) is 4.98 Å². The summed E-state index contributed by atoms with van der Waals surface area (Å²) < 4.78 is 1.96. The van der Waals surface area contributed by atoms with Crippen molar-refractivity contribution in [2.24, 2.45) is 5.73 Å². The van der Waals surface area contributed by atoms with Crippen molar-refractivity contribution < 1.29 is 4.79 Å². The number of carbonyl (C=O) groups excluding carboxylic acids is 1. The van der Waals surface area contributed by atoms with E-state index >= 15 is 0 Å². The highest BCUT2D eigenvalue weighted by Gasteiger charge is 2.14. The fourth-order valence-corrected chi connectivity index (χ4v) is 1.80. The summed E-state index contributed by atoms with van der Waals surface area (Å²) in [6, 6.07) is 5.79. The van der Waals surface area contributed by atoms with Gasteiger partial charge in [0.05, 0.1) is 12.1 Å². The Balaban J connectivity index is 2.79. The highest BCUT2D eigenvalue weighted by atomic mass is 16.1. The summed E-state index contributed by atoms with van der Waals surface area (Å²) in [7, 11) is 0. The van der Waals surface area contributed by atoms with Gasteiger partial charge in [0, 0.05) is 5.69 Å². The maximum absolute atomic E-state index is 11.6. The van der Waals surface area contributed by atoms with E-state index in [1.165, 1.54) is 0 Å². The molecule has 0 aliphatic rings. The number of pyridine rings is 1. The van der Waals surface area contributed by atoms with Crippen molar-refractivity contribution >= 4 is 11.3 Å². The lowest BCUT2D eigenvalue weighted by Gasteiger charge is -2.00. The molecule has 2 aromatic rings. The number of rotatable bonds is 2. The van der Waals surface area contributed by atoms with Crippen molar-refractivity contribution in [2.45, 2.75) is 13.8 Å². The summed E-state index contributed by atoms with van der Waals surface area (Å²) in [4.78, 5) is 15.8. The molecule has 0 fully saturated rings. The van der Waals surface area contributed by atoms with Crippen LogP contribution < -0.4 is 5.73 Å². The van der Waals surface area contributed by atoms with E-state index < -0.39 is 0 Å². The Morgan fingerprint density at radius 2 is 2.20 bits per heavy atom. The van der Waals surface area contributed by atoms with E-state index in [2.05, 4.69) is 4.98 Å². The third-order valence-corrected chi connectivity index (χ3v) is 2.47. The van der Waals surface area contributed by atoms with Crippen LogP contribution in [0.5, 0.6) is 0 Å². The number of imidazole rings is 1. The molecule has 15 heavy (non-hydrogen) atoms. The van der Waals surface area contributed by atoms with E-state index in [9.17, 15) is 4.79 Å². The molecule has 0 atom stereocenters. The lowest BCUT2D eigenvalue weighted by atomic mass is 10.2. The first-order valence-corrected chi connectivity index (χ1v) is 4.83. The second-order valence-electron chi connectivity index (χ2n) is 3.52. The topological polar surface area (TPSA) is 60.4 Å². The van der Waals surface area contributed by atoms with Gasteiger partial charge in [-0.1, -0.05) is 6.07 Å². The van der Waals surface area contributed by atoms with Gasteiger partial charge in [-0.15, -0.1) is 0 Å². The van der Waals surface area contributed by atoms with Gasteiger partial charge in [-0.2, -0.15) is 0 Å². The molecule has 2 aromatic heterocycles. The first-order chi connectivity index (χ1) is 7.15. The second kappa shape index (κ2) is 3.47. The average molecular weight is 203 g/mol. The number of carbonyl (C=O) groups is 1. The summed E-state index contributed by atoms with van der Waals surface area (Å²) in [5, 5.41) is 0. The van der Waals surface area contributed by atoms with Crippen molar-refractivity contribution in [3.05, 3.63) is 35.4 Å². The Kier molecular flexibility index (Phi) is 2.28. The summed E-state index contributed by atoms with van der Waals surface area (Å²) in [6.07, 6.45) is 0. The van der Waals surface area contributed by atoms with Crippen LogP contribution in [0.4, 0.5) is 0 Å². The molecule has 0 bridgehead atoms. The molecule has 0 spiro atoms. The highest BCUT2D eigenvalue weighted by molar-refractivity contribution is 6.01. The van der Waals surface area contributed by atoms with E-state index in [0.29, 0.717) is 5.69 Å². The first-order valence-electron chi connectivity index (χ1n) is 4.83. The molecule has 0 saturated heterocycles. The van der Waals surface area contributed by atoms with E-state index in [4.69, 9.17) is 5.73 Å². The smallest absolute Gasteiger partial charge is 0.196 e. The number of fused-ring (bicyclic) bond motifs is 1. The number of Topliss-reactive ketones (excluding diaryl/α,β-unsaturated/α-hetero) is 1. The van der Waals surface area contributed by atoms with Crippen molar-refractivity contribution in [1.29, 1.82) is 0 Å². The Morgan fingerprint density at radius 1 is 1.47 bits per heavy atom. The number of ketones is 1. The average Bonchev–Trinajstić information content (AvgIpc) is 2.56. The Morgan fingerprint density at radius 3 is 2.87 bits per heavy atom. The predicted octanol–water partition coefficient (Wildman–Crippen LogP) is 1.09. The van der Waals surface area contributed by atoms with Crippen LogP contribution in [0.3, 0.4) is 0 Å². The molecule has 4 heteroatoms. The van der Waals surface area contributed by atoms with Crippen molar-refractivity contribution in [1.82, 2.24) is 9.38 Å². The van der Waals surface area contributed by atoms with Gasteiger partial charge in [0.15, 0.2) is 5.78 Å². The number of aromatic nitrogens is 2. The van der Waals surface area contributed by atoms with Gasteiger partial charge < -0.3 is 10.1 Å². The largest absolute Gasteiger partial charge is 0.324 e. The molecule has 2 N–H and O–H groups in total. The number of nitrogens with zero attached hydrogens (tertiary/aromatic N) is 2. The zero-order valence-electron chi connectivity index (χ0n) is 8.82. The second-order valence-corrected chi connectivity index (χ2v) is 3.52. The SMILES string of the molecule is Cc1cccc2c(C(=O)CN)nc(C)n12. The van der Waals surface area contributed by atoms with Gasteiger partial charge in [0.2, 0.25) is 0 Å². The van der Waals surface area contributed by atoms with Crippen LogP contribution in [0, 0.1) is 13.8 Å². The summed E-state index contributed by atoms with van der Waals surface area (Å²) >= 11 is 0. The molecule has 0 saturated carbocycles. The number of hydrogen-bond donors (Lipinski definition) is 1. The van der Waals surface area contributed by atoms with Crippen molar-refractivity contribution in [3.63, 3.8) is 0 Å². The van der Waals surface area contributed by atoms with Crippen LogP contribution in [-0.2, 0) is 0 Å². The molecular weight excluding hydrogens is 190 g/mol. The fraction of sp³-hybridized carbons (Fsp3) is 0.273. The quantitative estimate of drug-likeness (QED) is 0.743. The van der Waals surface area contributed by atoms with E-state index in [0.717, 1.165) is 17.0 Å². The first kappa shape index (κ1) is 9.86. The Hall–Kier alpha value is -1.68. The van der Waals surface area contributed by atoms with E-state index in [1.54, 1.807) is 0 Å². The van der Waals surface area contributed by atoms with E-state index in [1.807, 2.05) is 36.4 Å². The minimum absolute atomic E-state index is 0.0000548.